The summed E-state index contributed by atoms with van der Waals surface area (Å²) in [6.07, 6.45) is 0. The molecule has 4 nitrogen and oxygen atoms in total. The van der Waals surface area contributed by atoms with Gasteiger partial charge in [0.05, 0.1) is 44.5 Å². The predicted molar refractivity (Wildman–Crippen MR) is 315 cm³/mol. The summed E-state index contributed by atoms with van der Waals surface area (Å²) in [6, 6.07) is 85.7. The summed E-state index contributed by atoms with van der Waals surface area (Å²) in [5.74, 6) is 0. The van der Waals surface area contributed by atoms with Gasteiger partial charge in [0.1, 0.15) is 0 Å². The summed E-state index contributed by atoms with van der Waals surface area (Å²) in [7, 11) is 0. The smallest absolute Gasteiger partial charge is 0.0642 e. The Kier molecular flexibility index (Phi) is 9.19. The van der Waals surface area contributed by atoms with Crippen LogP contribution in [-0.4, -0.2) is 8.80 Å². The predicted octanol–water partition coefficient (Wildman–Crippen LogP) is 19.5. The third-order valence-electron chi connectivity index (χ3n) is 16.2. The molecule has 0 N–H and O–H groups in total. The Labute approximate surface area is 429 Å². The van der Waals surface area contributed by atoms with Crippen LogP contribution < -0.4 is 9.80 Å². The maximum absolute atomic E-state index is 2.63. The molecule has 15 rings (SSSR count). The van der Waals surface area contributed by atoms with Gasteiger partial charge in [-0.25, -0.2) is 0 Å². The van der Waals surface area contributed by atoms with E-state index in [4.69, 9.17) is 0 Å². The maximum atomic E-state index is 2.63. The lowest BCUT2D eigenvalue weighted by Gasteiger charge is -2.27. The van der Waals surface area contributed by atoms with Gasteiger partial charge >= 0.3 is 0 Å². The minimum absolute atomic E-state index is 1.12. The van der Waals surface area contributed by atoms with Crippen LogP contribution in [-0.2, 0) is 0 Å². The van der Waals surface area contributed by atoms with Gasteiger partial charge < -0.3 is 18.6 Å². The first-order chi connectivity index (χ1) is 36.4. The number of hydrogen-bond donors (Lipinski definition) is 0. The third-order valence-corrected chi connectivity index (χ3v) is 16.2. The molecule has 11 aromatic carbocycles. The van der Waals surface area contributed by atoms with E-state index in [9.17, 15) is 0 Å². The molecular formula is C70H50N4. The molecule has 350 valence electrons. The van der Waals surface area contributed by atoms with E-state index in [2.05, 4.69) is 277 Å². The second-order valence-corrected chi connectivity index (χ2v) is 20.2. The van der Waals surface area contributed by atoms with Crippen LogP contribution in [0.1, 0.15) is 22.3 Å². The zero-order chi connectivity index (χ0) is 49.3. The molecule has 0 atom stereocenters. The Morgan fingerprint density at radius 3 is 1.03 bits per heavy atom. The van der Waals surface area contributed by atoms with Crippen LogP contribution in [0.15, 0.2) is 231 Å². The number of rotatable bonds is 8. The average Bonchev–Trinajstić information content (AvgIpc) is 4.37. The standard InChI is InChI=1S/C70H50N4/c1-43-33-35-51(41-45(43)3)71(49-25-13-7-14-26-49)59-39-37-55-65-61(47-21-9-5-10-22-47)70-66(62(48-23-11-6-12-24-48)69(65)73-57-31-19-17-29-53(57)63(59)67(55)73)56-38-40-60(64-54-30-18-20-32-58(54)74(70)68(56)64)72(50-27-15-8-16-28-50)52-36-34-44(2)46(4)42-52/h5-42H,1-4H3. The van der Waals surface area contributed by atoms with Gasteiger partial charge in [0, 0.05) is 77.0 Å². The zero-order valence-electron chi connectivity index (χ0n) is 41.7. The zero-order valence-corrected chi connectivity index (χ0v) is 41.7. The average molecular weight is 947 g/mol. The minimum atomic E-state index is 1.12. The number of aryl methyl sites for hydroxylation is 4. The molecule has 0 aliphatic heterocycles. The SMILES string of the molecule is Cc1ccc(N(c2ccccc2)c2ccc3c4c(-c5ccccc5)c5c(c(-c6ccccc6)c4n4c6ccccc6c2c34)c2ccc(N(c3ccccc3)c3ccc(C)c(C)c3)c3c4ccccc4n5c23)cc1C. The van der Waals surface area contributed by atoms with Crippen LogP contribution >= 0.6 is 0 Å². The van der Waals surface area contributed by atoms with E-state index < -0.39 is 0 Å². The number of aromatic nitrogens is 2. The van der Waals surface area contributed by atoms with E-state index in [0.29, 0.717) is 0 Å². The fourth-order valence-corrected chi connectivity index (χ4v) is 12.6. The summed E-state index contributed by atoms with van der Waals surface area (Å²) >= 11 is 0. The van der Waals surface area contributed by atoms with E-state index in [0.717, 1.165) is 34.1 Å². The van der Waals surface area contributed by atoms with Crippen molar-refractivity contribution in [2.45, 2.75) is 27.7 Å². The van der Waals surface area contributed by atoms with E-state index in [1.165, 1.54) is 121 Å². The van der Waals surface area contributed by atoms with Gasteiger partial charge in [0.15, 0.2) is 0 Å². The highest BCUT2D eigenvalue weighted by Crippen LogP contribution is 2.57. The normalized spacial score (nSPS) is 12.1. The number of para-hydroxylation sites is 4. The van der Waals surface area contributed by atoms with Gasteiger partial charge in [-0.2, -0.15) is 0 Å². The number of fused-ring (bicyclic) bond motifs is 12. The molecule has 0 aliphatic rings. The van der Waals surface area contributed by atoms with Crippen molar-refractivity contribution in [2.75, 3.05) is 9.80 Å². The Hall–Kier alpha value is -9.38. The Morgan fingerprint density at radius 1 is 0.270 bits per heavy atom. The first kappa shape index (κ1) is 42.3. The highest BCUT2D eigenvalue weighted by Gasteiger charge is 2.33. The van der Waals surface area contributed by atoms with Crippen LogP contribution in [0.5, 0.6) is 0 Å². The highest BCUT2D eigenvalue weighted by molar-refractivity contribution is 6.39. The molecule has 0 amide bonds. The fourth-order valence-electron chi connectivity index (χ4n) is 12.6. The van der Waals surface area contributed by atoms with Gasteiger partial charge in [-0.1, -0.05) is 158 Å². The maximum Gasteiger partial charge on any atom is 0.0642 e. The Balaban J connectivity index is 1.17. The first-order valence-electron chi connectivity index (χ1n) is 25.8. The largest absolute Gasteiger partial charge is 0.310 e. The Bertz CT molecular complexity index is 4380. The van der Waals surface area contributed by atoms with Crippen LogP contribution in [0.25, 0.3) is 98.4 Å². The molecule has 0 aliphatic carbocycles. The van der Waals surface area contributed by atoms with E-state index in [-0.39, 0.29) is 0 Å². The molecule has 0 spiro atoms. The van der Waals surface area contributed by atoms with Crippen LogP contribution in [0.2, 0.25) is 0 Å². The quantitative estimate of drug-likeness (QED) is 0.151. The molecule has 0 fully saturated rings. The minimum Gasteiger partial charge on any atom is -0.310 e. The molecule has 0 unspecified atom stereocenters. The molecule has 4 heteroatoms. The number of anilines is 6. The van der Waals surface area contributed by atoms with Gasteiger partial charge in [0.2, 0.25) is 0 Å². The van der Waals surface area contributed by atoms with Crippen molar-refractivity contribution in [1.82, 2.24) is 8.80 Å². The van der Waals surface area contributed by atoms with Gasteiger partial charge in [-0.15, -0.1) is 0 Å². The summed E-state index contributed by atoms with van der Waals surface area (Å²) in [5, 5.41) is 9.90. The second kappa shape index (κ2) is 16.1. The molecule has 74 heavy (non-hydrogen) atoms. The third kappa shape index (κ3) is 5.91. The molecule has 0 saturated carbocycles. The van der Waals surface area contributed by atoms with Gasteiger partial charge in [-0.05, 0) is 134 Å². The second-order valence-electron chi connectivity index (χ2n) is 20.2. The van der Waals surface area contributed by atoms with E-state index in [1.807, 2.05) is 0 Å². The lowest BCUT2D eigenvalue weighted by Crippen LogP contribution is -2.10. The topological polar surface area (TPSA) is 15.3 Å². The Morgan fingerprint density at radius 2 is 0.635 bits per heavy atom. The molecule has 0 bridgehead atoms. The number of benzene rings is 11. The summed E-state index contributed by atoms with van der Waals surface area (Å²) in [4.78, 5) is 4.93. The van der Waals surface area contributed by atoms with Crippen molar-refractivity contribution < 1.29 is 0 Å². The molecular weight excluding hydrogens is 897 g/mol. The summed E-state index contributed by atoms with van der Waals surface area (Å²) in [6.45, 7) is 8.83. The fraction of sp³-hybridized carbons (Fsp3) is 0.0571. The van der Waals surface area contributed by atoms with Crippen molar-refractivity contribution in [3.8, 4) is 22.3 Å². The van der Waals surface area contributed by atoms with Crippen molar-refractivity contribution >= 4 is 110 Å². The lowest BCUT2D eigenvalue weighted by molar-refractivity contribution is 1.26. The molecule has 15 aromatic rings. The van der Waals surface area contributed by atoms with Crippen LogP contribution in [0.4, 0.5) is 34.1 Å². The lowest BCUT2D eigenvalue weighted by atomic mass is 9.89. The van der Waals surface area contributed by atoms with Crippen molar-refractivity contribution in [2.24, 2.45) is 0 Å². The molecule has 0 radical (unpaired) electrons. The summed E-state index contributed by atoms with van der Waals surface area (Å²) in [5.41, 5.74) is 24.0. The van der Waals surface area contributed by atoms with Crippen molar-refractivity contribution in [3.05, 3.63) is 253 Å². The van der Waals surface area contributed by atoms with E-state index >= 15 is 0 Å². The molecule has 4 aromatic heterocycles. The number of hydrogen-bond acceptors (Lipinski definition) is 2. The van der Waals surface area contributed by atoms with Crippen LogP contribution in [0, 0.1) is 27.7 Å². The number of nitrogens with zero attached hydrogens (tertiary/aromatic N) is 4. The molecule has 0 saturated heterocycles. The molecule has 4 heterocycles. The summed E-state index contributed by atoms with van der Waals surface area (Å²) < 4.78 is 5.26. The van der Waals surface area contributed by atoms with Crippen LogP contribution in [0.3, 0.4) is 0 Å². The van der Waals surface area contributed by atoms with Crippen molar-refractivity contribution in [1.29, 1.82) is 0 Å². The first-order valence-corrected chi connectivity index (χ1v) is 25.8. The van der Waals surface area contributed by atoms with Gasteiger partial charge in [0.25, 0.3) is 0 Å². The monoisotopic (exact) mass is 946 g/mol. The highest BCUT2D eigenvalue weighted by atomic mass is 15.2. The van der Waals surface area contributed by atoms with Gasteiger partial charge in [-0.3, -0.25) is 0 Å². The van der Waals surface area contributed by atoms with Crippen molar-refractivity contribution in [3.63, 3.8) is 0 Å². The van der Waals surface area contributed by atoms with E-state index in [1.54, 1.807) is 0 Å².